The lowest BCUT2D eigenvalue weighted by Gasteiger charge is -2.45. The number of aryl methyl sites for hydroxylation is 1. The van der Waals surface area contributed by atoms with Gasteiger partial charge in [0.05, 0.1) is 23.1 Å². The molecule has 0 saturated carbocycles. The molecule has 3 aliphatic carbocycles. The molecule has 6 nitrogen and oxygen atoms in total. The normalized spacial score (nSPS) is 22.5. The van der Waals surface area contributed by atoms with Gasteiger partial charge in [0.2, 0.25) is 17.6 Å². The standard InChI is InChI=1S/C35H27NO5/c1-19-14-16-21(17-15-19)32(37)20(2)41-35(40)22-8-7-9-23(18-22)36-33(38)30-28-24-10-3-4-11-25(24)29(31(30)34(36)39)27-13-6-5-12-26(27)28/h3-18,20,28-31H,1-2H3/t20-,28?,29?,30+,31+/m1/s1. The van der Waals surface area contributed by atoms with Gasteiger partial charge in [0.1, 0.15) is 0 Å². The average molecular weight is 542 g/mol. The zero-order valence-corrected chi connectivity index (χ0v) is 22.6. The summed E-state index contributed by atoms with van der Waals surface area (Å²) >= 11 is 0. The number of imide groups is 1. The van der Waals surface area contributed by atoms with Crippen LogP contribution in [0.25, 0.3) is 0 Å². The number of Topliss-reactive ketones (excluding diaryl/α,β-unsaturated/α-hetero) is 1. The van der Waals surface area contributed by atoms with E-state index >= 15 is 0 Å². The molecular formula is C35H27NO5. The highest BCUT2D eigenvalue weighted by molar-refractivity contribution is 6.23. The van der Waals surface area contributed by atoms with Crippen LogP contribution in [0.4, 0.5) is 5.69 Å². The van der Waals surface area contributed by atoms with E-state index in [1.54, 1.807) is 30.3 Å². The summed E-state index contributed by atoms with van der Waals surface area (Å²) in [4.78, 5) is 55.2. The molecule has 6 heteroatoms. The van der Waals surface area contributed by atoms with E-state index in [-0.39, 0.29) is 35.0 Å². The number of ketones is 1. The second-order valence-electron chi connectivity index (χ2n) is 11.1. The number of ether oxygens (including phenoxy) is 1. The molecule has 1 aliphatic heterocycles. The molecule has 3 atom stereocenters. The zero-order chi connectivity index (χ0) is 28.4. The van der Waals surface area contributed by atoms with Gasteiger partial charge in [-0.2, -0.15) is 0 Å². The van der Waals surface area contributed by atoms with Crippen molar-refractivity contribution in [1.82, 2.24) is 0 Å². The van der Waals surface area contributed by atoms with Gasteiger partial charge in [0.25, 0.3) is 0 Å². The number of hydrogen-bond acceptors (Lipinski definition) is 5. The van der Waals surface area contributed by atoms with Gasteiger partial charge in [0.15, 0.2) is 6.10 Å². The van der Waals surface area contributed by atoms with E-state index in [4.69, 9.17) is 4.74 Å². The Morgan fingerprint density at radius 3 is 1.71 bits per heavy atom. The lowest BCUT2D eigenvalue weighted by molar-refractivity contribution is -0.122. The Morgan fingerprint density at radius 1 is 0.683 bits per heavy atom. The summed E-state index contributed by atoms with van der Waals surface area (Å²) in [5.41, 5.74) is 6.38. The molecule has 41 heavy (non-hydrogen) atoms. The van der Waals surface area contributed by atoms with Crippen LogP contribution in [-0.2, 0) is 14.3 Å². The third-order valence-corrected chi connectivity index (χ3v) is 8.78. The summed E-state index contributed by atoms with van der Waals surface area (Å²) < 4.78 is 5.50. The monoisotopic (exact) mass is 541 g/mol. The average Bonchev–Trinajstić information content (AvgIpc) is 3.27. The number of esters is 1. The number of anilines is 1. The SMILES string of the molecule is Cc1ccc(C(=O)[C@@H](C)OC(=O)c2cccc(N3C(=O)[C@H]4C5c6ccccc6C(c6ccccc65)[C@@H]4C3=O)c2)cc1. The second-order valence-corrected chi connectivity index (χ2v) is 11.1. The van der Waals surface area contributed by atoms with Gasteiger partial charge in [0, 0.05) is 17.4 Å². The lowest BCUT2D eigenvalue weighted by atomic mass is 9.55. The van der Waals surface area contributed by atoms with Gasteiger partial charge in [-0.3, -0.25) is 14.4 Å². The van der Waals surface area contributed by atoms with Gasteiger partial charge in [-0.1, -0.05) is 84.4 Å². The van der Waals surface area contributed by atoms with Crippen molar-refractivity contribution in [1.29, 1.82) is 0 Å². The smallest absolute Gasteiger partial charge is 0.338 e. The van der Waals surface area contributed by atoms with E-state index in [2.05, 4.69) is 24.3 Å². The van der Waals surface area contributed by atoms with Crippen LogP contribution in [0, 0.1) is 18.8 Å². The van der Waals surface area contributed by atoms with Crippen LogP contribution >= 0.6 is 0 Å². The summed E-state index contributed by atoms with van der Waals surface area (Å²) in [5.74, 6) is -2.96. The fraction of sp³-hybridized carbons (Fsp3) is 0.200. The maximum Gasteiger partial charge on any atom is 0.338 e. The lowest BCUT2D eigenvalue weighted by Crippen LogP contribution is -2.41. The number of carbonyl (C=O) groups is 4. The minimum Gasteiger partial charge on any atom is -0.451 e. The number of benzene rings is 4. The van der Waals surface area contributed by atoms with Crippen LogP contribution < -0.4 is 4.90 Å². The Kier molecular flexibility index (Phi) is 5.75. The highest BCUT2D eigenvalue weighted by Crippen LogP contribution is 2.61. The summed E-state index contributed by atoms with van der Waals surface area (Å²) in [7, 11) is 0. The Balaban J connectivity index is 1.18. The van der Waals surface area contributed by atoms with Crippen LogP contribution in [0.1, 0.15) is 67.3 Å². The van der Waals surface area contributed by atoms with Gasteiger partial charge >= 0.3 is 5.97 Å². The van der Waals surface area contributed by atoms with Crippen molar-refractivity contribution in [2.75, 3.05) is 4.90 Å². The number of hydrogen-bond donors (Lipinski definition) is 0. The molecular weight excluding hydrogens is 514 g/mol. The third kappa shape index (κ3) is 3.78. The molecule has 1 fully saturated rings. The quantitative estimate of drug-likeness (QED) is 0.181. The van der Waals surface area contributed by atoms with Gasteiger partial charge in [-0.15, -0.1) is 0 Å². The maximum absolute atomic E-state index is 14.0. The van der Waals surface area contributed by atoms with E-state index in [9.17, 15) is 19.2 Å². The molecule has 0 spiro atoms. The zero-order valence-electron chi connectivity index (χ0n) is 22.6. The van der Waals surface area contributed by atoms with E-state index in [1.807, 2.05) is 43.3 Å². The van der Waals surface area contributed by atoms with Gasteiger partial charge < -0.3 is 4.74 Å². The fourth-order valence-corrected chi connectivity index (χ4v) is 6.94. The minimum absolute atomic E-state index is 0.163. The molecule has 4 aromatic rings. The van der Waals surface area contributed by atoms with E-state index in [0.29, 0.717) is 11.3 Å². The first-order chi connectivity index (χ1) is 19.8. The van der Waals surface area contributed by atoms with Crippen LogP contribution in [0.2, 0.25) is 0 Å². The van der Waals surface area contributed by atoms with Crippen molar-refractivity contribution in [2.24, 2.45) is 11.8 Å². The molecule has 0 unspecified atom stereocenters. The fourth-order valence-electron chi connectivity index (χ4n) is 6.94. The van der Waals surface area contributed by atoms with Crippen LogP contribution in [0.5, 0.6) is 0 Å². The summed E-state index contributed by atoms with van der Waals surface area (Å²) in [6.07, 6.45) is -1.00. The first-order valence-corrected chi connectivity index (χ1v) is 13.8. The van der Waals surface area contributed by atoms with Crippen molar-refractivity contribution in [3.8, 4) is 0 Å². The van der Waals surface area contributed by atoms with Crippen LogP contribution in [-0.4, -0.2) is 29.7 Å². The predicted octanol–water partition coefficient (Wildman–Crippen LogP) is 5.82. The van der Waals surface area contributed by atoms with Crippen molar-refractivity contribution < 1.29 is 23.9 Å². The Hall–Kier alpha value is -4.84. The van der Waals surface area contributed by atoms with Gasteiger partial charge in [-0.05, 0) is 54.3 Å². The topological polar surface area (TPSA) is 80.8 Å². The van der Waals surface area contributed by atoms with Crippen LogP contribution in [0.3, 0.4) is 0 Å². The summed E-state index contributed by atoms with van der Waals surface area (Å²) in [5, 5.41) is 0. The van der Waals surface area contributed by atoms with Crippen LogP contribution in [0.15, 0.2) is 97.1 Å². The molecule has 4 aliphatic rings. The highest BCUT2D eigenvalue weighted by atomic mass is 16.5. The van der Waals surface area contributed by atoms with Crippen molar-refractivity contribution in [3.63, 3.8) is 0 Å². The largest absolute Gasteiger partial charge is 0.451 e. The van der Waals surface area contributed by atoms with E-state index in [1.165, 1.54) is 17.9 Å². The first kappa shape index (κ1) is 25.1. The van der Waals surface area contributed by atoms with E-state index < -0.39 is 23.9 Å². The summed E-state index contributed by atoms with van der Waals surface area (Å²) in [6.45, 7) is 3.46. The Labute approximate surface area is 237 Å². The molecule has 0 aromatic heterocycles. The molecule has 1 saturated heterocycles. The molecule has 202 valence electrons. The number of rotatable bonds is 5. The Bertz CT molecular complexity index is 1640. The van der Waals surface area contributed by atoms with Gasteiger partial charge in [-0.25, -0.2) is 9.69 Å². The molecule has 1 heterocycles. The third-order valence-electron chi connectivity index (χ3n) is 8.78. The molecule has 2 amide bonds. The number of carbonyl (C=O) groups excluding carboxylic acids is 4. The maximum atomic E-state index is 14.0. The van der Waals surface area contributed by atoms with E-state index in [0.717, 1.165) is 27.8 Å². The van der Waals surface area contributed by atoms with Crippen molar-refractivity contribution in [3.05, 3.63) is 136 Å². The Morgan fingerprint density at radius 2 is 1.20 bits per heavy atom. The first-order valence-electron chi connectivity index (χ1n) is 13.8. The molecule has 0 radical (unpaired) electrons. The highest BCUT2D eigenvalue weighted by Gasteiger charge is 2.61. The molecule has 4 aromatic carbocycles. The van der Waals surface area contributed by atoms with Crippen molar-refractivity contribution in [2.45, 2.75) is 31.8 Å². The number of nitrogens with zero attached hydrogens (tertiary/aromatic N) is 1. The molecule has 8 rings (SSSR count). The summed E-state index contributed by atoms with van der Waals surface area (Å²) in [6, 6.07) is 29.6. The van der Waals surface area contributed by atoms with Crippen molar-refractivity contribution >= 4 is 29.3 Å². The second kappa shape index (κ2) is 9.37. The predicted molar refractivity (Wildman–Crippen MR) is 153 cm³/mol. The minimum atomic E-state index is -1.00. The molecule has 2 bridgehead atoms. The number of amides is 2. The molecule has 0 N–H and O–H groups in total.